The highest BCUT2D eigenvalue weighted by molar-refractivity contribution is 7.12. The second kappa shape index (κ2) is 7.96. The zero-order valence-electron chi connectivity index (χ0n) is 15.1. The van der Waals surface area contributed by atoms with Gasteiger partial charge in [-0.1, -0.05) is 24.3 Å². The van der Waals surface area contributed by atoms with Gasteiger partial charge in [0.1, 0.15) is 0 Å². The SMILES string of the molecule is O=C(CCc1c[nH]c2ccccc12)NC1CCN(C(=O)c2cccs2)CC1. The molecule has 1 aliphatic heterocycles. The van der Waals surface area contributed by atoms with E-state index in [0.717, 1.165) is 29.7 Å². The molecule has 3 aromatic rings. The van der Waals surface area contributed by atoms with E-state index >= 15 is 0 Å². The lowest BCUT2D eigenvalue weighted by Gasteiger charge is -2.32. The van der Waals surface area contributed by atoms with Crippen molar-refractivity contribution in [1.82, 2.24) is 15.2 Å². The lowest BCUT2D eigenvalue weighted by molar-refractivity contribution is -0.122. The van der Waals surface area contributed by atoms with Crippen LogP contribution in [0.1, 0.15) is 34.5 Å². The average molecular weight is 382 g/mol. The zero-order valence-corrected chi connectivity index (χ0v) is 15.9. The predicted octanol–water partition coefficient (Wildman–Crippen LogP) is 3.58. The molecule has 2 N–H and O–H groups in total. The summed E-state index contributed by atoms with van der Waals surface area (Å²) in [5, 5.41) is 6.25. The Balaban J connectivity index is 1.24. The normalized spacial score (nSPS) is 15.2. The number of likely N-dealkylation sites (tertiary alicyclic amines) is 1. The molecular weight excluding hydrogens is 358 g/mol. The molecule has 4 rings (SSSR count). The van der Waals surface area contributed by atoms with E-state index in [9.17, 15) is 9.59 Å². The van der Waals surface area contributed by atoms with Crippen molar-refractivity contribution < 1.29 is 9.59 Å². The van der Waals surface area contributed by atoms with Crippen LogP contribution in [0, 0.1) is 0 Å². The molecule has 0 aliphatic carbocycles. The number of piperidine rings is 1. The fraction of sp³-hybridized carbons (Fsp3) is 0.333. The molecule has 0 radical (unpaired) electrons. The van der Waals surface area contributed by atoms with E-state index in [1.165, 1.54) is 22.3 Å². The topological polar surface area (TPSA) is 65.2 Å². The zero-order chi connectivity index (χ0) is 18.6. The Labute approximate surface area is 162 Å². The van der Waals surface area contributed by atoms with Crippen LogP contribution < -0.4 is 5.32 Å². The van der Waals surface area contributed by atoms with Gasteiger partial charge in [0.2, 0.25) is 5.91 Å². The highest BCUT2D eigenvalue weighted by Gasteiger charge is 2.25. The molecular formula is C21H23N3O2S. The van der Waals surface area contributed by atoms with E-state index in [4.69, 9.17) is 0 Å². The molecule has 1 fully saturated rings. The first-order chi connectivity index (χ1) is 13.2. The van der Waals surface area contributed by atoms with Gasteiger partial charge in [0.25, 0.3) is 5.91 Å². The van der Waals surface area contributed by atoms with Crippen molar-refractivity contribution >= 4 is 34.1 Å². The summed E-state index contributed by atoms with van der Waals surface area (Å²) >= 11 is 1.48. The third kappa shape index (κ3) is 4.06. The van der Waals surface area contributed by atoms with E-state index < -0.39 is 0 Å². The maximum Gasteiger partial charge on any atom is 0.263 e. The summed E-state index contributed by atoms with van der Waals surface area (Å²) in [4.78, 5) is 30.7. The predicted molar refractivity (Wildman–Crippen MR) is 108 cm³/mol. The molecule has 3 heterocycles. The lowest BCUT2D eigenvalue weighted by Crippen LogP contribution is -2.46. The minimum atomic E-state index is 0.0864. The molecule has 2 aromatic heterocycles. The van der Waals surface area contributed by atoms with Crippen molar-refractivity contribution in [2.24, 2.45) is 0 Å². The summed E-state index contributed by atoms with van der Waals surface area (Å²) in [6.45, 7) is 1.40. The van der Waals surface area contributed by atoms with E-state index in [2.05, 4.69) is 16.4 Å². The summed E-state index contributed by atoms with van der Waals surface area (Å²) < 4.78 is 0. The molecule has 1 aromatic carbocycles. The van der Waals surface area contributed by atoms with Crippen molar-refractivity contribution in [2.45, 2.75) is 31.7 Å². The number of amides is 2. The fourth-order valence-corrected chi connectivity index (χ4v) is 4.36. The number of carbonyl (C=O) groups excluding carboxylic acids is 2. The second-order valence-electron chi connectivity index (χ2n) is 6.97. The summed E-state index contributed by atoms with van der Waals surface area (Å²) in [5.74, 6) is 0.192. The molecule has 27 heavy (non-hydrogen) atoms. The number of nitrogens with one attached hydrogen (secondary N) is 2. The van der Waals surface area contributed by atoms with Crippen molar-refractivity contribution in [3.63, 3.8) is 0 Å². The Morgan fingerprint density at radius 1 is 1.15 bits per heavy atom. The lowest BCUT2D eigenvalue weighted by atomic mass is 10.0. The maximum atomic E-state index is 12.4. The Morgan fingerprint density at radius 3 is 2.74 bits per heavy atom. The number of fused-ring (bicyclic) bond motifs is 1. The van der Waals surface area contributed by atoms with Crippen molar-refractivity contribution in [3.05, 3.63) is 58.4 Å². The first-order valence-corrected chi connectivity index (χ1v) is 10.3. The quantitative estimate of drug-likeness (QED) is 0.709. The van der Waals surface area contributed by atoms with E-state index in [0.29, 0.717) is 19.5 Å². The van der Waals surface area contributed by atoms with Gasteiger partial charge in [0, 0.05) is 42.7 Å². The van der Waals surface area contributed by atoms with Crippen LogP contribution in [0.3, 0.4) is 0 Å². The molecule has 140 valence electrons. The largest absolute Gasteiger partial charge is 0.361 e. The number of aryl methyl sites for hydroxylation is 1. The van der Waals surface area contributed by atoms with E-state index in [-0.39, 0.29) is 17.9 Å². The monoisotopic (exact) mass is 381 g/mol. The van der Waals surface area contributed by atoms with Gasteiger partial charge < -0.3 is 15.2 Å². The minimum Gasteiger partial charge on any atom is -0.361 e. The second-order valence-corrected chi connectivity index (χ2v) is 7.92. The van der Waals surface area contributed by atoms with Gasteiger partial charge in [-0.25, -0.2) is 0 Å². The van der Waals surface area contributed by atoms with Gasteiger partial charge in [-0.05, 0) is 42.3 Å². The first-order valence-electron chi connectivity index (χ1n) is 9.38. The number of aromatic amines is 1. The molecule has 2 amide bonds. The maximum absolute atomic E-state index is 12.4. The van der Waals surface area contributed by atoms with Gasteiger partial charge in [-0.2, -0.15) is 0 Å². The van der Waals surface area contributed by atoms with Crippen molar-refractivity contribution in [1.29, 1.82) is 0 Å². The van der Waals surface area contributed by atoms with Crippen LogP contribution in [-0.4, -0.2) is 40.8 Å². The third-order valence-electron chi connectivity index (χ3n) is 5.18. The fourth-order valence-electron chi connectivity index (χ4n) is 3.67. The van der Waals surface area contributed by atoms with Crippen LogP contribution in [0.2, 0.25) is 0 Å². The van der Waals surface area contributed by atoms with E-state index in [1.54, 1.807) is 0 Å². The van der Waals surface area contributed by atoms with Crippen LogP contribution in [0.4, 0.5) is 0 Å². The molecule has 0 unspecified atom stereocenters. The van der Waals surface area contributed by atoms with Crippen LogP contribution in [-0.2, 0) is 11.2 Å². The van der Waals surface area contributed by atoms with Crippen LogP contribution in [0.5, 0.6) is 0 Å². The van der Waals surface area contributed by atoms with Gasteiger partial charge in [-0.15, -0.1) is 11.3 Å². The molecule has 0 spiro atoms. The Morgan fingerprint density at radius 2 is 1.96 bits per heavy atom. The van der Waals surface area contributed by atoms with Gasteiger partial charge in [0.05, 0.1) is 4.88 Å². The minimum absolute atomic E-state index is 0.0864. The third-order valence-corrected chi connectivity index (χ3v) is 6.03. The molecule has 6 heteroatoms. The Kier molecular flexibility index (Phi) is 5.25. The van der Waals surface area contributed by atoms with E-state index in [1.807, 2.05) is 46.8 Å². The number of benzene rings is 1. The average Bonchev–Trinajstić information content (AvgIpc) is 3.37. The molecule has 1 saturated heterocycles. The van der Waals surface area contributed by atoms with Crippen molar-refractivity contribution in [2.75, 3.05) is 13.1 Å². The number of carbonyl (C=O) groups is 2. The summed E-state index contributed by atoms with van der Waals surface area (Å²) in [7, 11) is 0. The first kappa shape index (κ1) is 17.8. The van der Waals surface area contributed by atoms with Crippen LogP contribution in [0.15, 0.2) is 48.0 Å². The standard InChI is InChI=1S/C21H23N3O2S/c25-20(8-7-15-14-22-18-5-2-1-4-17(15)18)23-16-9-11-24(12-10-16)21(26)19-6-3-13-27-19/h1-6,13-14,16,22H,7-12H2,(H,23,25). The number of aromatic nitrogens is 1. The van der Waals surface area contributed by atoms with Gasteiger partial charge in [0.15, 0.2) is 0 Å². The summed E-state index contributed by atoms with van der Waals surface area (Å²) in [6.07, 6.45) is 4.83. The number of nitrogens with zero attached hydrogens (tertiary/aromatic N) is 1. The van der Waals surface area contributed by atoms with Crippen molar-refractivity contribution in [3.8, 4) is 0 Å². The Bertz CT molecular complexity index is 924. The number of hydrogen-bond donors (Lipinski definition) is 2. The number of H-pyrrole nitrogens is 1. The van der Waals surface area contributed by atoms with Crippen LogP contribution in [0.25, 0.3) is 10.9 Å². The summed E-state index contributed by atoms with van der Waals surface area (Å²) in [6, 6.07) is 12.1. The molecule has 0 atom stereocenters. The molecule has 1 aliphatic rings. The highest BCUT2D eigenvalue weighted by atomic mass is 32.1. The Hall–Kier alpha value is -2.60. The number of para-hydroxylation sites is 1. The van der Waals surface area contributed by atoms with Gasteiger partial charge in [-0.3, -0.25) is 9.59 Å². The smallest absolute Gasteiger partial charge is 0.263 e. The summed E-state index contributed by atoms with van der Waals surface area (Å²) in [5.41, 5.74) is 2.29. The highest BCUT2D eigenvalue weighted by Crippen LogP contribution is 2.20. The van der Waals surface area contributed by atoms with Crippen LogP contribution >= 0.6 is 11.3 Å². The molecule has 0 saturated carbocycles. The molecule has 5 nitrogen and oxygen atoms in total. The number of thiophene rings is 1. The number of hydrogen-bond acceptors (Lipinski definition) is 3. The van der Waals surface area contributed by atoms with Gasteiger partial charge >= 0.3 is 0 Å². The molecule has 0 bridgehead atoms. The number of rotatable bonds is 5.